The Kier molecular flexibility index (Phi) is 3.11. The van der Waals surface area contributed by atoms with E-state index in [1.807, 2.05) is 6.07 Å². The van der Waals surface area contributed by atoms with Gasteiger partial charge >= 0.3 is 6.18 Å². The number of benzene rings is 1. The molecule has 0 amide bonds. The molecule has 0 unspecified atom stereocenters. The standard InChI is InChI=1S/C13H9F3N2/c14-13(15,16)12-3-1-2-10(6-12)8-18-5-4-11(7-17)9-18/h1-6,9H,8H2. The van der Waals surface area contributed by atoms with Crippen LogP contribution in [0.1, 0.15) is 16.7 Å². The fourth-order valence-electron chi connectivity index (χ4n) is 1.66. The lowest BCUT2D eigenvalue weighted by molar-refractivity contribution is -0.137. The quantitative estimate of drug-likeness (QED) is 0.802. The normalized spacial score (nSPS) is 11.2. The Bertz CT molecular complexity index is 591. The first-order valence-corrected chi connectivity index (χ1v) is 5.21. The smallest absolute Gasteiger partial charge is 0.349 e. The predicted molar refractivity (Wildman–Crippen MR) is 59.7 cm³/mol. The molecule has 18 heavy (non-hydrogen) atoms. The van der Waals surface area contributed by atoms with Crippen LogP contribution in [0.15, 0.2) is 42.7 Å². The fourth-order valence-corrected chi connectivity index (χ4v) is 1.66. The Hall–Kier alpha value is -2.22. The van der Waals surface area contributed by atoms with Gasteiger partial charge in [0, 0.05) is 18.9 Å². The third kappa shape index (κ3) is 2.72. The molecule has 0 bridgehead atoms. The lowest BCUT2D eigenvalue weighted by Gasteiger charge is -2.09. The van der Waals surface area contributed by atoms with E-state index in [0.29, 0.717) is 17.7 Å². The van der Waals surface area contributed by atoms with Gasteiger partial charge in [0.15, 0.2) is 0 Å². The van der Waals surface area contributed by atoms with Gasteiger partial charge in [0.05, 0.1) is 11.1 Å². The molecule has 0 aliphatic rings. The molecular formula is C13H9F3N2. The Balaban J connectivity index is 2.22. The molecule has 0 saturated heterocycles. The Labute approximate surface area is 102 Å². The van der Waals surface area contributed by atoms with E-state index in [1.165, 1.54) is 6.07 Å². The van der Waals surface area contributed by atoms with E-state index in [0.717, 1.165) is 12.1 Å². The van der Waals surface area contributed by atoms with Gasteiger partial charge in [-0.15, -0.1) is 0 Å². The van der Waals surface area contributed by atoms with Crippen molar-refractivity contribution >= 4 is 0 Å². The summed E-state index contributed by atoms with van der Waals surface area (Å²) in [5.74, 6) is 0. The minimum atomic E-state index is -4.33. The third-order valence-electron chi connectivity index (χ3n) is 2.50. The fraction of sp³-hybridized carbons (Fsp3) is 0.154. The molecule has 92 valence electrons. The average Bonchev–Trinajstić information content (AvgIpc) is 2.76. The van der Waals surface area contributed by atoms with Crippen LogP contribution in [-0.4, -0.2) is 4.57 Å². The maximum Gasteiger partial charge on any atom is 0.416 e. The van der Waals surface area contributed by atoms with Crippen LogP contribution in [0, 0.1) is 11.3 Å². The van der Waals surface area contributed by atoms with Gasteiger partial charge in [-0.3, -0.25) is 0 Å². The van der Waals surface area contributed by atoms with Crippen molar-refractivity contribution in [1.82, 2.24) is 4.57 Å². The second-order valence-corrected chi connectivity index (χ2v) is 3.88. The van der Waals surface area contributed by atoms with Crippen molar-refractivity contribution in [1.29, 1.82) is 5.26 Å². The van der Waals surface area contributed by atoms with Crippen molar-refractivity contribution < 1.29 is 13.2 Å². The van der Waals surface area contributed by atoms with Crippen molar-refractivity contribution in [3.8, 4) is 6.07 Å². The van der Waals surface area contributed by atoms with Gasteiger partial charge in [0.1, 0.15) is 6.07 Å². The van der Waals surface area contributed by atoms with Crippen LogP contribution in [0.3, 0.4) is 0 Å². The second-order valence-electron chi connectivity index (χ2n) is 3.88. The first-order chi connectivity index (χ1) is 8.49. The zero-order valence-electron chi connectivity index (χ0n) is 9.28. The topological polar surface area (TPSA) is 28.7 Å². The number of nitrogens with zero attached hydrogens (tertiary/aromatic N) is 2. The van der Waals surface area contributed by atoms with Crippen molar-refractivity contribution in [2.75, 3.05) is 0 Å². The highest BCUT2D eigenvalue weighted by Gasteiger charge is 2.30. The lowest BCUT2D eigenvalue weighted by Crippen LogP contribution is -2.06. The number of hydrogen-bond acceptors (Lipinski definition) is 1. The van der Waals surface area contributed by atoms with E-state index >= 15 is 0 Å². The van der Waals surface area contributed by atoms with Crippen LogP contribution in [-0.2, 0) is 12.7 Å². The minimum absolute atomic E-state index is 0.311. The molecule has 0 aliphatic heterocycles. The molecule has 2 aromatic rings. The van der Waals surface area contributed by atoms with Crippen molar-refractivity contribution in [3.63, 3.8) is 0 Å². The van der Waals surface area contributed by atoms with Crippen molar-refractivity contribution in [3.05, 3.63) is 59.4 Å². The van der Waals surface area contributed by atoms with Crippen LogP contribution in [0.5, 0.6) is 0 Å². The molecule has 1 heterocycles. The number of halogens is 3. The highest BCUT2D eigenvalue weighted by Crippen LogP contribution is 2.29. The number of alkyl halides is 3. The summed E-state index contributed by atoms with van der Waals surface area (Å²) in [6, 6.07) is 8.75. The zero-order chi connectivity index (χ0) is 13.2. The van der Waals surface area contributed by atoms with Crippen molar-refractivity contribution in [2.24, 2.45) is 0 Å². The van der Waals surface area contributed by atoms with Gasteiger partial charge in [-0.2, -0.15) is 18.4 Å². The van der Waals surface area contributed by atoms with Gasteiger partial charge in [-0.1, -0.05) is 12.1 Å². The maximum atomic E-state index is 12.5. The molecule has 2 nitrogen and oxygen atoms in total. The average molecular weight is 250 g/mol. The van der Waals surface area contributed by atoms with Crippen LogP contribution in [0.4, 0.5) is 13.2 Å². The predicted octanol–water partition coefficient (Wildman–Crippen LogP) is 3.43. The molecule has 0 saturated carbocycles. The molecule has 0 radical (unpaired) electrons. The molecule has 5 heteroatoms. The number of hydrogen-bond donors (Lipinski definition) is 0. The Morgan fingerprint density at radius 2 is 2.00 bits per heavy atom. The van der Waals surface area contributed by atoms with Gasteiger partial charge in [-0.05, 0) is 23.8 Å². The zero-order valence-corrected chi connectivity index (χ0v) is 9.28. The largest absolute Gasteiger partial charge is 0.416 e. The van der Waals surface area contributed by atoms with E-state index in [-0.39, 0.29) is 0 Å². The van der Waals surface area contributed by atoms with Gasteiger partial charge < -0.3 is 4.57 Å². The summed E-state index contributed by atoms with van der Waals surface area (Å²) in [6.07, 6.45) is -1.07. The summed E-state index contributed by atoms with van der Waals surface area (Å²) in [5, 5.41) is 8.66. The summed E-state index contributed by atoms with van der Waals surface area (Å²) < 4.78 is 39.2. The van der Waals surface area contributed by atoms with Gasteiger partial charge in [0.25, 0.3) is 0 Å². The number of aromatic nitrogens is 1. The van der Waals surface area contributed by atoms with E-state index in [2.05, 4.69) is 0 Å². The van der Waals surface area contributed by atoms with Gasteiger partial charge in [0.2, 0.25) is 0 Å². The summed E-state index contributed by atoms with van der Waals surface area (Å²) in [5.41, 5.74) is 0.375. The van der Waals surface area contributed by atoms with Crippen LogP contribution < -0.4 is 0 Å². The number of nitriles is 1. The van der Waals surface area contributed by atoms with E-state index in [4.69, 9.17) is 5.26 Å². The summed E-state index contributed by atoms with van der Waals surface area (Å²) in [4.78, 5) is 0. The van der Waals surface area contributed by atoms with Crippen LogP contribution in [0.2, 0.25) is 0 Å². The summed E-state index contributed by atoms with van der Waals surface area (Å²) in [7, 11) is 0. The van der Waals surface area contributed by atoms with Crippen molar-refractivity contribution in [2.45, 2.75) is 12.7 Å². The lowest BCUT2D eigenvalue weighted by atomic mass is 10.1. The van der Waals surface area contributed by atoms with Crippen LogP contribution in [0.25, 0.3) is 0 Å². The third-order valence-corrected chi connectivity index (χ3v) is 2.50. The second kappa shape index (κ2) is 4.57. The SMILES string of the molecule is N#Cc1ccn(Cc2cccc(C(F)(F)F)c2)c1. The maximum absolute atomic E-state index is 12.5. The Morgan fingerprint density at radius 1 is 1.22 bits per heavy atom. The monoisotopic (exact) mass is 250 g/mol. The van der Waals surface area contributed by atoms with E-state index in [1.54, 1.807) is 29.1 Å². The highest BCUT2D eigenvalue weighted by molar-refractivity contribution is 5.28. The molecule has 1 aromatic carbocycles. The molecule has 2 rings (SSSR count). The van der Waals surface area contributed by atoms with Crippen LogP contribution >= 0.6 is 0 Å². The molecule has 0 atom stereocenters. The van der Waals surface area contributed by atoms with E-state index in [9.17, 15) is 13.2 Å². The van der Waals surface area contributed by atoms with E-state index < -0.39 is 11.7 Å². The summed E-state index contributed by atoms with van der Waals surface area (Å²) in [6.45, 7) is 0.311. The molecule has 1 aromatic heterocycles. The molecular weight excluding hydrogens is 241 g/mol. The first kappa shape index (κ1) is 12.2. The minimum Gasteiger partial charge on any atom is -0.349 e. The Morgan fingerprint density at radius 3 is 2.61 bits per heavy atom. The molecule has 0 N–H and O–H groups in total. The molecule has 0 fully saturated rings. The first-order valence-electron chi connectivity index (χ1n) is 5.21. The van der Waals surface area contributed by atoms with Gasteiger partial charge in [-0.25, -0.2) is 0 Å². The highest BCUT2D eigenvalue weighted by atomic mass is 19.4. The molecule has 0 spiro atoms. The molecule has 0 aliphatic carbocycles. The summed E-state index contributed by atoms with van der Waals surface area (Å²) >= 11 is 0. The number of rotatable bonds is 2.